The van der Waals surface area contributed by atoms with Crippen LogP contribution in [0, 0.1) is 16.7 Å². The molecule has 1 aliphatic heterocycles. The molecule has 2 nitrogen and oxygen atoms in total. The Labute approximate surface area is 134 Å². The zero-order chi connectivity index (χ0) is 15.9. The van der Waals surface area contributed by atoms with Gasteiger partial charge < -0.3 is 10.2 Å². The number of piperidine rings is 1. The maximum atomic E-state index is 3.70. The molecule has 21 heavy (non-hydrogen) atoms. The van der Waals surface area contributed by atoms with Crippen LogP contribution in [0.1, 0.15) is 73.6 Å². The van der Waals surface area contributed by atoms with Gasteiger partial charge in [0.1, 0.15) is 0 Å². The molecule has 1 unspecified atom stereocenters. The molecule has 1 rings (SSSR count). The highest BCUT2D eigenvalue weighted by Crippen LogP contribution is 2.35. The van der Waals surface area contributed by atoms with E-state index in [1.165, 1.54) is 58.3 Å². The lowest BCUT2D eigenvalue weighted by Gasteiger charge is -2.43. The first-order valence-electron chi connectivity index (χ1n) is 9.25. The van der Waals surface area contributed by atoms with Crippen molar-refractivity contribution < 1.29 is 0 Å². The molecule has 0 aliphatic carbocycles. The molecular weight excluding hydrogens is 256 g/mol. The summed E-state index contributed by atoms with van der Waals surface area (Å²) in [7, 11) is 0. The molecule has 1 saturated heterocycles. The van der Waals surface area contributed by atoms with E-state index in [1.54, 1.807) is 0 Å². The summed E-state index contributed by atoms with van der Waals surface area (Å²) >= 11 is 0. The molecule has 2 heteroatoms. The Morgan fingerprint density at radius 3 is 2.29 bits per heavy atom. The van der Waals surface area contributed by atoms with Crippen LogP contribution >= 0.6 is 0 Å². The maximum absolute atomic E-state index is 3.70. The predicted molar refractivity (Wildman–Crippen MR) is 94.8 cm³/mol. The Morgan fingerprint density at radius 2 is 1.81 bits per heavy atom. The molecule has 0 aromatic rings. The van der Waals surface area contributed by atoms with Crippen LogP contribution in [-0.2, 0) is 0 Å². The highest BCUT2D eigenvalue weighted by Gasteiger charge is 2.32. The van der Waals surface area contributed by atoms with Crippen LogP contribution in [0.2, 0.25) is 0 Å². The third kappa shape index (κ3) is 6.69. The maximum Gasteiger partial charge on any atom is 0.00475 e. The van der Waals surface area contributed by atoms with Crippen molar-refractivity contribution in [1.82, 2.24) is 10.2 Å². The monoisotopic (exact) mass is 296 g/mol. The van der Waals surface area contributed by atoms with E-state index < -0.39 is 0 Å². The fraction of sp³-hybridized carbons (Fsp3) is 1.00. The van der Waals surface area contributed by atoms with E-state index in [-0.39, 0.29) is 0 Å². The number of nitrogens with one attached hydrogen (secondary N) is 1. The fourth-order valence-electron chi connectivity index (χ4n) is 3.63. The molecule has 0 amide bonds. The van der Waals surface area contributed by atoms with Gasteiger partial charge in [-0.25, -0.2) is 0 Å². The third-order valence-electron chi connectivity index (χ3n) is 5.48. The first-order chi connectivity index (χ1) is 9.82. The van der Waals surface area contributed by atoms with Gasteiger partial charge in [0.2, 0.25) is 0 Å². The van der Waals surface area contributed by atoms with E-state index in [0.717, 1.165) is 12.5 Å². The SMILES string of the molecule is CCCC(C)(CNCC(C)C)CN1CCC(C)(CC)CC1. The summed E-state index contributed by atoms with van der Waals surface area (Å²) in [4.78, 5) is 2.73. The topological polar surface area (TPSA) is 15.3 Å². The van der Waals surface area contributed by atoms with Crippen molar-refractivity contribution in [2.75, 3.05) is 32.7 Å². The van der Waals surface area contributed by atoms with Gasteiger partial charge in [-0.05, 0) is 55.6 Å². The highest BCUT2D eigenvalue weighted by molar-refractivity contribution is 4.86. The van der Waals surface area contributed by atoms with Gasteiger partial charge >= 0.3 is 0 Å². The van der Waals surface area contributed by atoms with Gasteiger partial charge in [0.15, 0.2) is 0 Å². The van der Waals surface area contributed by atoms with Crippen molar-refractivity contribution in [3.8, 4) is 0 Å². The molecule has 0 spiro atoms. The minimum absolute atomic E-state index is 0.434. The molecule has 1 aliphatic rings. The van der Waals surface area contributed by atoms with Crippen molar-refractivity contribution in [3.05, 3.63) is 0 Å². The molecule has 1 N–H and O–H groups in total. The zero-order valence-electron chi connectivity index (χ0n) is 15.6. The van der Waals surface area contributed by atoms with Crippen LogP contribution < -0.4 is 5.32 Å². The van der Waals surface area contributed by atoms with Crippen LogP contribution in [0.15, 0.2) is 0 Å². The van der Waals surface area contributed by atoms with Gasteiger partial charge in [-0.3, -0.25) is 0 Å². The molecular formula is C19H40N2. The average molecular weight is 297 g/mol. The first-order valence-corrected chi connectivity index (χ1v) is 9.25. The van der Waals surface area contributed by atoms with E-state index in [9.17, 15) is 0 Å². The predicted octanol–water partition coefficient (Wildman–Crippen LogP) is 4.55. The normalized spacial score (nSPS) is 22.4. The van der Waals surface area contributed by atoms with Gasteiger partial charge in [0.05, 0.1) is 0 Å². The van der Waals surface area contributed by atoms with Crippen LogP contribution in [0.25, 0.3) is 0 Å². The Hall–Kier alpha value is -0.0800. The highest BCUT2D eigenvalue weighted by atomic mass is 15.1. The van der Waals surface area contributed by atoms with Crippen molar-refractivity contribution in [2.45, 2.75) is 73.6 Å². The van der Waals surface area contributed by atoms with E-state index in [0.29, 0.717) is 10.8 Å². The molecule has 0 aromatic carbocycles. The third-order valence-corrected chi connectivity index (χ3v) is 5.48. The summed E-state index contributed by atoms with van der Waals surface area (Å²) in [5.74, 6) is 0.746. The van der Waals surface area contributed by atoms with Gasteiger partial charge in [0, 0.05) is 13.1 Å². The molecule has 1 heterocycles. The summed E-state index contributed by atoms with van der Waals surface area (Å²) in [6.07, 6.45) is 6.72. The van der Waals surface area contributed by atoms with E-state index >= 15 is 0 Å². The van der Waals surface area contributed by atoms with Crippen molar-refractivity contribution >= 4 is 0 Å². The molecule has 0 radical (unpaired) electrons. The molecule has 1 fully saturated rings. The average Bonchev–Trinajstić information content (AvgIpc) is 2.41. The molecule has 0 aromatic heterocycles. The van der Waals surface area contributed by atoms with Crippen LogP contribution in [0.4, 0.5) is 0 Å². The van der Waals surface area contributed by atoms with Crippen LogP contribution in [0.3, 0.4) is 0 Å². The standard InChI is InChI=1S/C19H40N2/c1-7-9-19(6,15-20-14-17(3)4)16-21-12-10-18(5,8-2)11-13-21/h17,20H,7-16H2,1-6H3. The van der Waals surface area contributed by atoms with Crippen LogP contribution in [-0.4, -0.2) is 37.6 Å². The second-order valence-electron chi connectivity index (χ2n) is 8.53. The van der Waals surface area contributed by atoms with E-state index in [4.69, 9.17) is 0 Å². The number of hydrogen-bond acceptors (Lipinski definition) is 2. The second kappa shape index (κ2) is 8.53. The second-order valence-corrected chi connectivity index (χ2v) is 8.53. The lowest BCUT2D eigenvalue weighted by Crippen LogP contribution is -2.47. The lowest BCUT2D eigenvalue weighted by molar-refractivity contribution is 0.0730. The Bertz CT molecular complexity index is 279. The Balaban J connectivity index is 2.46. The Kier molecular flexibility index (Phi) is 7.70. The fourth-order valence-corrected chi connectivity index (χ4v) is 3.63. The lowest BCUT2D eigenvalue weighted by atomic mass is 9.77. The van der Waals surface area contributed by atoms with Gasteiger partial charge in [-0.1, -0.05) is 54.4 Å². The summed E-state index contributed by atoms with van der Waals surface area (Å²) in [6.45, 7) is 20.4. The van der Waals surface area contributed by atoms with Crippen molar-refractivity contribution in [1.29, 1.82) is 0 Å². The largest absolute Gasteiger partial charge is 0.316 e. The summed E-state index contributed by atoms with van der Waals surface area (Å²) in [6, 6.07) is 0. The summed E-state index contributed by atoms with van der Waals surface area (Å²) < 4.78 is 0. The first kappa shape index (κ1) is 19.0. The summed E-state index contributed by atoms with van der Waals surface area (Å²) in [5.41, 5.74) is 1.04. The van der Waals surface area contributed by atoms with Crippen molar-refractivity contribution in [2.24, 2.45) is 16.7 Å². The minimum Gasteiger partial charge on any atom is -0.316 e. The number of nitrogens with zero attached hydrogens (tertiary/aromatic N) is 1. The molecule has 0 saturated carbocycles. The number of likely N-dealkylation sites (tertiary alicyclic amines) is 1. The number of rotatable bonds is 9. The summed E-state index contributed by atoms with van der Waals surface area (Å²) in [5, 5.41) is 3.70. The number of hydrogen-bond donors (Lipinski definition) is 1. The van der Waals surface area contributed by atoms with E-state index in [1.807, 2.05) is 0 Å². The Morgan fingerprint density at radius 1 is 1.19 bits per heavy atom. The zero-order valence-corrected chi connectivity index (χ0v) is 15.6. The van der Waals surface area contributed by atoms with Gasteiger partial charge in [0.25, 0.3) is 0 Å². The van der Waals surface area contributed by atoms with E-state index in [2.05, 4.69) is 51.8 Å². The molecule has 0 bridgehead atoms. The van der Waals surface area contributed by atoms with Crippen LogP contribution in [0.5, 0.6) is 0 Å². The van der Waals surface area contributed by atoms with Gasteiger partial charge in [-0.15, -0.1) is 0 Å². The quantitative estimate of drug-likeness (QED) is 0.671. The smallest absolute Gasteiger partial charge is 0.00475 e. The molecule has 126 valence electrons. The van der Waals surface area contributed by atoms with Gasteiger partial charge in [-0.2, -0.15) is 0 Å². The minimum atomic E-state index is 0.434. The van der Waals surface area contributed by atoms with Crippen molar-refractivity contribution in [3.63, 3.8) is 0 Å². The molecule has 1 atom stereocenters.